The Kier molecular flexibility index (Phi) is 3.88. The van der Waals surface area contributed by atoms with E-state index >= 15 is 0 Å². The van der Waals surface area contributed by atoms with Crippen LogP contribution in [0.4, 0.5) is 0 Å². The SMILES string of the molecule is O=C(/C(=C\c1cccnc1)n1nnc2ccccc21)c1ccccc1. The number of nitrogens with zero attached hydrogens (tertiary/aromatic N) is 4. The number of ketones is 1. The van der Waals surface area contributed by atoms with Crippen molar-refractivity contribution < 1.29 is 4.79 Å². The van der Waals surface area contributed by atoms with Gasteiger partial charge in [-0.05, 0) is 29.8 Å². The number of benzene rings is 2. The van der Waals surface area contributed by atoms with Crippen molar-refractivity contribution in [1.29, 1.82) is 0 Å². The predicted octanol–water partition coefficient (Wildman–Crippen LogP) is 3.71. The van der Waals surface area contributed by atoms with Crippen molar-refractivity contribution in [2.24, 2.45) is 0 Å². The van der Waals surface area contributed by atoms with Crippen molar-refractivity contribution in [3.63, 3.8) is 0 Å². The molecule has 0 amide bonds. The minimum Gasteiger partial charge on any atom is -0.287 e. The molecule has 25 heavy (non-hydrogen) atoms. The van der Waals surface area contributed by atoms with Gasteiger partial charge in [0, 0.05) is 18.0 Å². The molecule has 0 aliphatic heterocycles. The molecule has 0 atom stereocenters. The summed E-state index contributed by atoms with van der Waals surface area (Å²) in [5, 5.41) is 8.36. The molecule has 120 valence electrons. The third-order valence-corrected chi connectivity index (χ3v) is 3.84. The number of pyridine rings is 1. The van der Waals surface area contributed by atoms with Gasteiger partial charge >= 0.3 is 0 Å². The van der Waals surface area contributed by atoms with Crippen molar-refractivity contribution in [2.75, 3.05) is 0 Å². The van der Waals surface area contributed by atoms with Crippen molar-refractivity contribution in [3.8, 4) is 0 Å². The lowest BCUT2D eigenvalue weighted by molar-refractivity contribution is 0.105. The molecule has 2 heterocycles. The van der Waals surface area contributed by atoms with Gasteiger partial charge < -0.3 is 0 Å². The standard InChI is InChI=1S/C20H14N4O/c25-20(16-8-2-1-3-9-16)19(13-15-7-6-12-21-14-15)24-18-11-5-4-10-17(18)22-23-24/h1-14H/b19-13+. The number of para-hydroxylation sites is 1. The van der Waals surface area contributed by atoms with E-state index < -0.39 is 0 Å². The van der Waals surface area contributed by atoms with Crippen LogP contribution in [0.1, 0.15) is 15.9 Å². The number of fused-ring (bicyclic) bond motifs is 1. The van der Waals surface area contributed by atoms with Gasteiger partial charge in [0.15, 0.2) is 0 Å². The van der Waals surface area contributed by atoms with Crippen molar-refractivity contribution in [2.45, 2.75) is 0 Å². The summed E-state index contributed by atoms with van der Waals surface area (Å²) in [5.74, 6) is -0.125. The van der Waals surface area contributed by atoms with Crippen LogP contribution in [0.15, 0.2) is 79.1 Å². The number of carbonyl (C=O) groups is 1. The maximum absolute atomic E-state index is 13.1. The first-order chi connectivity index (χ1) is 12.3. The molecule has 2 aromatic heterocycles. The lowest BCUT2D eigenvalue weighted by Gasteiger charge is -2.08. The van der Waals surface area contributed by atoms with Crippen LogP contribution in [-0.4, -0.2) is 25.8 Å². The van der Waals surface area contributed by atoms with E-state index in [1.165, 1.54) is 0 Å². The molecule has 0 spiro atoms. The van der Waals surface area contributed by atoms with Gasteiger partial charge in [-0.25, -0.2) is 4.68 Å². The number of Topliss-reactive ketones (excluding diaryl/α,β-unsaturated/α-hetero) is 1. The minimum atomic E-state index is -0.125. The molecule has 0 fully saturated rings. The summed E-state index contributed by atoms with van der Waals surface area (Å²) in [4.78, 5) is 17.2. The molecule has 5 heteroatoms. The summed E-state index contributed by atoms with van der Waals surface area (Å²) in [6.45, 7) is 0. The van der Waals surface area contributed by atoms with Gasteiger partial charge in [0.2, 0.25) is 5.78 Å². The number of carbonyl (C=O) groups excluding carboxylic acids is 1. The van der Waals surface area contributed by atoms with Crippen molar-refractivity contribution >= 4 is 28.6 Å². The molecule has 5 nitrogen and oxygen atoms in total. The Morgan fingerprint density at radius 2 is 1.72 bits per heavy atom. The summed E-state index contributed by atoms with van der Waals surface area (Å²) in [6, 6.07) is 20.4. The smallest absolute Gasteiger partial charge is 0.211 e. The van der Waals surface area contributed by atoms with E-state index in [4.69, 9.17) is 0 Å². The molecule has 4 aromatic rings. The number of hydrogen-bond donors (Lipinski definition) is 0. The van der Waals surface area contributed by atoms with E-state index in [9.17, 15) is 4.79 Å². The zero-order valence-electron chi connectivity index (χ0n) is 13.3. The van der Waals surface area contributed by atoms with E-state index in [0.29, 0.717) is 11.3 Å². The Bertz CT molecular complexity index is 1050. The normalized spacial score (nSPS) is 11.6. The van der Waals surface area contributed by atoms with Crippen LogP contribution in [0, 0.1) is 0 Å². The Hall–Kier alpha value is -3.60. The molecule has 0 aliphatic carbocycles. The minimum absolute atomic E-state index is 0.125. The fourth-order valence-corrected chi connectivity index (χ4v) is 2.63. The Morgan fingerprint density at radius 1 is 0.920 bits per heavy atom. The fourth-order valence-electron chi connectivity index (χ4n) is 2.63. The summed E-state index contributed by atoms with van der Waals surface area (Å²) < 4.78 is 1.58. The van der Waals surface area contributed by atoms with E-state index in [2.05, 4.69) is 15.3 Å². The van der Waals surface area contributed by atoms with Gasteiger partial charge in [-0.15, -0.1) is 5.10 Å². The molecule has 4 rings (SSSR count). The van der Waals surface area contributed by atoms with Gasteiger partial charge in [0.1, 0.15) is 11.2 Å². The molecule has 0 N–H and O–H groups in total. The zero-order chi connectivity index (χ0) is 17.1. The molecule has 0 saturated carbocycles. The fraction of sp³-hybridized carbons (Fsp3) is 0. The average Bonchev–Trinajstić information content (AvgIpc) is 3.11. The number of rotatable bonds is 4. The van der Waals surface area contributed by atoms with Crippen LogP contribution in [-0.2, 0) is 0 Å². The first kappa shape index (κ1) is 15.0. The molecular formula is C20H14N4O. The quantitative estimate of drug-likeness (QED) is 0.424. The molecule has 0 radical (unpaired) electrons. The molecule has 2 aromatic carbocycles. The highest BCUT2D eigenvalue weighted by Gasteiger charge is 2.18. The summed E-state index contributed by atoms with van der Waals surface area (Å²) in [7, 11) is 0. The molecule has 0 unspecified atom stereocenters. The highest BCUT2D eigenvalue weighted by molar-refractivity contribution is 6.28. The third kappa shape index (κ3) is 2.95. The van der Waals surface area contributed by atoms with Gasteiger partial charge in [-0.2, -0.15) is 0 Å². The largest absolute Gasteiger partial charge is 0.287 e. The zero-order valence-corrected chi connectivity index (χ0v) is 13.3. The van der Waals surface area contributed by atoms with Crippen molar-refractivity contribution in [1.82, 2.24) is 20.0 Å². The van der Waals surface area contributed by atoms with Crippen LogP contribution in [0.3, 0.4) is 0 Å². The van der Waals surface area contributed by atoms with Gasteiger partial charge in [0.25, 0.3) is 0 Å². The summed E-state index contributed by atoms with van der Waals surface area (Å²) >= 11 is 0. The maximum Gasteiger partial charge on any atom is 0.211 e. The van der Waals surface area contributed by atoms with Crippen molar-refractivity contribution in [3.05, 3.63) is 90.3 Å². The number of allylic oxidation sites excluding steroid dienone is 1. The second-order valence-electron chi connectivity index (χ2n) is 5.50. The van der Waals surface area contributed by atoms with E-state index in [1.807, 2.05) is 54.6 Å². The van der Waals surface area contributed by atoms with Crippen LogP contribution in [0.5, 0.6) is 0 Å². The monoisotopic (exact) mass is 326 g/mol. The van der Waals surface area contributed by atoms with E-state index in [0.717, 1.165) is 16.6 Å². The number of aromatic nitrogens is 4. The third-order valence-electron chi connectivity index (χ3n) is 3.84. The summed E-state index contributed by atoms with van der Waals surface area (Å²) in [6.07, 6.45) is 5.18. The van der Waals surface area contributed by atoms with Crippen LogP contribution < -0.4 is 0 Å². The molecule has 0 saturated heterocycles. The molecule has 0 bridgehead atoms. The highest BCUT2D eigenvalue weighted by Crippen LogP contribution is 2.21. The van der Waals surface area contributed by atoms with Gasteiger partial charge in [0.05, 0.1) is 5.52 Å². The topological polar surface area (TPSA) is 60.7 Å². The second-order valence-corrected chi connectivity index (χ2v) is 5.50. The van der Waals surface area contributed by atoms with E-state index in [-0.39, 0.29) is 5.78 Å². The Morgan fingerprint density at radius 3 is 2.52 bits per heavy atom. The lowest BCUT2D eigenvalue weighted by atomic mass is 10.1. The average molecular weight is 326 g/mol. The predicted molar refractivity (Wildman–Crippen MR) is 96.7 cm³/mol. The summed E-state index contributed by atoms with van der Waals surface area (Å²) in [5.41, 5.74) is 3.36. The van der Waals surface area contributed by atoms with Crippen LogP contribution in [0.25, 0.3) is 22.8 Å². The molecule has 0 aliphatic rings. The second kappa shape index (κ2) is 6.49. The first-order valence-corrected chi connectivity index (χ1v) is 7.85. The van der Waals surface area contributed by atoms with E-state index in [1.54, 1.807) is 35.3 Å². The number of hydrogen-bond acceptors (Lipinski definition) is 4. The van der Waals surface area contributed by atoms with Crippen LogP contribution in [0.2, 0.25) is 0 Å². The van der Waals surface area contributed by atoms with Gasteiger partial charge in [-0.3, -0.25) is 9.78 Å². The Balaban J connectivity index is 1.90. The van der Waals surface area contributed by atoms with Gasteiger partial charge in [-0.1, -0.05) is 53.7 Å². The highest BCUT2D eigenvalue weighted by atomic mass is 16.1. The first-order valence-electron chi connectivity index (χ1n) is 7.85. The Labute approximate surface area is 144 Å². The maximum atomic E-state index is 13.1. The lowest BCUT2D eigenvalue weighted by Crippen LogP contribution is -2.11. The van der Waals surface area contributed by atoms with Crippen LogP contribution >= 0.6 is 0 Å². The molecular weight excluding hydrogens is 312 g/mol.